The highest BCUT2D eigenvalue weighted by molar-refractivity contribution is 5.79. The van der Waals surface area contributed by atoms with Gasteiger partial charge < -0.3 is 19.1 Å². The predicted octanol–water partition coefficient (Wildman–Crippen LogP) is 4.48. The molecule has 0 aliphatic heterocycles. The minimum absolute atomic E-state index is 0.0272. The van der Waals surface area contributed by atoms with Crippen molar-refractivity contribution >= 4 is 5.91 Å². The number of aryl methyl sites for hydroxylation is 2. The SMILES string of the molecule is Cc1noc(C)c1COc1ccc(CC(=O)NC(C)c2ccc(-n3ccnc3)cc2)cc1. The van der Waals surface area contributed by atoms with E-state index in [0.717, 1.165) is 39.6 Å². The molecule has 7 heteroatoms. The van der Waals surface area contributed by atoms with Crippen molar-refractivity contribution in [3.8, 4) is 11.4 Å². The van der Waals surface area contributed by atoms with Gasteiger partial charge in [-0.05, 0) is 56.2 Å². The normalized spacial score (nSPS) is 11.8. The molecule has 1 N–H and O–H groups in total. The largest absolute Gasteiger partial charge is 0.489 e. The molecule has 2 aromatic heterocycles. The van der Waals surface area contributed by atoms with Crippen LogP contribution < -0.4 is 10.1 Å². The van der Waals surface area contributed by atoms with Gasteiger partial charge in [-0.1, -0.05) is 29.4 Å². The van der Waals surface area contributed by atoms with Crippen molar-refractivity contribution in [2.45, 2.75) is 39.8 Å². The number of hydrogen-bond donors (Lipinski definition) is 1. The number of hydrogen-bond acceptors (Lipinski definition) is 5. The minimum atomic E-state index is -0.0861. The van der Waals surface area contributed by atoms with Gasteiger partial charge in [0.2, 0.25) is 5.91 Å². The van der Waals surface area contributed by atoms with Crippen LogP contribution in [0.1, 0.15) is 41.1 Å². The molecule has 4 rings (SSSR count). The molecule has 1 unspecified atom stereocenters. The van der Waals surface area contributed by atoms with E-state index in [2.05, 4.69) is 15.5 Å². The Morgan fingerprint density at radius 1 is 1.12 bits per heavy atom. The molecular weight excluding hydrogens is 404 g/mol. The topological polar surface area (TPSA) is 82.2 Å². The van der Waals surface area contributed by atoms with Gasteiger partial charge in [0, 0.05) is 18.1 Å². The molecule has 7 nitrogen and oxygen atoms in total. The van der Waals surface area contributed by atoms with Gasteiger partial charge in [-0.25, -0.2) is 4.98 Å². The number of ether oxygens (including phenoxy) is 1. The molecule has 0 radical (unpaired) electrons. The van der Waals surface area contributed by atoms with E-state index in [1.165, 1.54) is 0 Å². The summed E-state index contributed by atoms with van der Waals surface area (Å²) in [7, 11) is 0. The molecule has 0 bridgehead atoms. The van der Waals surface area contributed by atoms with Crippen molar-refractivity contribution in [2.75, 3.05) is 0 Å². The summed E-state index contributed by atoms with van der Waals surface area (Å²) >= 11 is 0. The van der Waals surface area contributed by atoms with Gasteiger partial charge in [-0.15, -0.1) is 0 Å². The Kier molecular flexibility index (Phi) is 6.35. The van der Waals surface area contributed by atoms with Crippen LogP contribution in [0.25, 0.3) is 5.69 Å². The van der Waals surface area contributed by atoms with Crippen molar-refractivity contribution in [1.29, 1.82) is 0 Å². The van der Waals surface area contributed by atoms with E-state index in [-0.39, 0.29) is 11.9 Å². The molecule has 2 heterocycles. The smallest absolute Gasteiger partial charge is 0.224 e. The molecule has 2 aromatic carbocycles. The van der Waals surface area contributed by atoms with Crippen LogP contribution in [0.3, 0.4) is 0 Å². The van der Waals surface area contributed by atoms with E-state index < -0.39 is 0 Å². The van der Waals surface area contributed by atoms with Crippen LogP contribution in [-0.2, 0) is 17.8 Å². The molecule has 0 saturated carbocycles. The fourth-order valence-corrected chi connectivity index (χ4v) is 3.48. The van der Waals surface area contributed by atoms with Crippen LogP contribution in [0.15, 0.2) is 71.8 Å². The van der Waals surface area contributed by atoms with E-state index >= 15 is 0 Å². The first-order valence-electron chi connectivity index (χ1n) is 10.5. The van der Waals surface area contributed by atoms with Gasteiger partial charge >= 0.3 is 0 Å². The van der Waals surface area contributed by atoms with Crippen LogP contribution in [0.2, 0.25) is 0 Å². The van der Waals surface area contributed by atoms with Crippen LogP contribution >= 0.6 is 0 Å². The number of nitrogens with one attached hydrogen (secondary N) is 1. The number of benzene rings is 2. The third kappa shape index (κ3) is 5.06. The third-order valence-electron chi connectivity index (χ3n) is 5.43. The van der Waals surface area contributed by atoms with Crippen LogP contribution in [0, 0.1) is 13.8 Å². The predicted molar refractivity (Wildman–Crippen MR) is 121 cm³/mol. The lowest BCUT2D eigenvalue weighted by Gasteiger charge is -2.15. The fraction of sp³-hybridized carbons (Fsp3) is 0.240. The molecule has 1 amide bonds. The molecular formula is C25H26N4O3. The van der Waals surface area contributed by atoms with Crippen molar-refractivity contribution < 1.29 is 14.1 Å². The summed E-state index contributed by atoms with van der Waals surface area (Å²) in [5.74, 6) is 1.47. The quantitative estimate of drug-likeness (QED) is 0.446. The average molecular weight is 431 g/mol. The summed E-state index contributed by atoms with van der Waals surface area (Å²) in [6.07, 6.45) is 5.70. The zero-order chi connectivity index (χ0) is 22.5. The maximum absolute atomic E-state index is 12.5. The van der Waals surface area contributed by atoms with Gasteiger partial charge in [0.25, 0.3) is 0 Å². The number of amides is 1. The first-order chi connectivity index (χ1) is 15.5. The number of rotatable bonds is 8. The lowest BCUT2D eigenvalue weighted by atomic mass is 10.1. The summed E-state index contributed by atoms with van der Waals surface area (Å²) in [6.45, 7) is 6.15. The maximum Gasteiger partial charge on any atom is 0.224 e. The van der Waals surface area contributed by atoms with E-state index in [1.807, 2.05) is 80.1 Å². The second kappa shape index (κ2) is 9.51. The van der Waals surface area contributed by atoms with E-state index in [0.29, 0.717) is 13.0 Å². The summed E-state index contributed by atoms with van der Waals surface area (Å²) in [4.78, 5) is 16.6. The fourth-order valence-electron chi connectivity index (χ4n) is 3.48. The van der Waals surface area contributed by atoms with Gasteiger partial charge in [-0.3, -0.25) is 4.79 Å². The highest BCUT2D eigenvalue weighted by Crippen LogP contribution is 2.19. The number of imidazole rings is 1. The summed E-state index contributed by atoms with van der Waals surface area (Å²) in [6, 6.07) is 15.5. The number of aromatic nitrogens is 3. The van der Waals surface area contributed by atoms with Crippen LogP contribution in [-0.4, -0.2) is 20.6 Å². The number of carbonyl (C=O) groups is 1. The second-order valence-corrected chi connectivity index (χ2v) is 7.76. The van der Waals surface area contributed by atoms with Gasteiger partial charge in [0.05, 0.1) is 30.0 Å². The summed E-state index contributed by atoms with van der Waals surface area (Å²) < 4.78 is 12.9. The second-order valence-electron chi connectivity index (χ2n) is 7.76. The highest BCUT2D eigenvalue weighted by Gasteiger charge is 2.12. The minimum Gasteiger partial charge on any atom is -0.489 e. The Balaban J connectivity index is 1.29. The van der Waals surface area contributed by atoms with Gasteiger partial charge in [0.15, 0.2) is 0 Å². The van der Waals surface area contributed by atoms with Crippen molar-refractivity contribution in [3.63, 3.8) is 0 Å². The summed E-state index contributed by atoms with van der Waals surface area (Å²) in [5, 5.41) is 7.00. The molecule has 0 fully saturated rings. The standard InChI is InChI=1S/C25H26N4O3/c1-17(21-6-8-22(9-7-21)29-13-12-26-16-29)27-25(30)14-20-4-10-23(11-5-20)31-15-24-18(2)28-32-19(24)3/h4-13,16-17H,14-15H2,1-3H3,(H,27,30). The van der Waals surface area contributed by atoms with E-state index in [9.17, 15) is 4.79 Å². The lowest BCUT2D eigenvalue weighted by Crippen LogP contribution is -2.28. The van der Waals surface area contributed by atoms with Crippen molar-refractivity contribution in [3.05, 3.63) is 95.4 Å². The first kappa shape index (κ1) is 21.4. The molecule has 164 valence electrons. The lowest BCUT2D eigenvalue weighted by molar-refractivity contribution is -0.121. The third-order valence-corrected chi connectivity index (χ3v) is 5.43. The van der Waals surface area contributed by atoms with Gasteiger partial charge in [0.1, 0.15) is 18.1 Å². The number of carbonyl (C=O) groups excluding carboxylic acids is 1. The molecule has 0 aliphatic rings. The highest BCUT2D eigenvalue weighted by atomic mass is 16.5. The van der Waals surface area contributed by atoms with Gasteiger partial charge in [-0.2, -0.15) is 0 Å². The number of nitrogens with zero attached hydrogens (tertiary/aromatic N) is 3. The summed E-state index contributed by atoms with van der Waals surface area (Å²) in [5.41, 5.74) is 4.79. The Morgan fingerprint density at radius 2 is 1.88 bits per heavy atom. The monoisotopic (exact) mass is 430 g/mol. The molecule has 1 atom stereocenters. The van der Waals surface area contributed by atoms with Crippen LogP contribution in [0.5, 0.6) is 5.75 Å². The van der Waals surface area contributed by atoms with E-state index in [4.69, 9.17) is 9.26 Å². The average Bonchev–Trinajstić information content (AvgIpc) is 3.44. The Morgan fingerprint density at radius 3 is 2.50 bits per heavy atom. The molecule has 4 aromatic rings. The van der Waals surface area contributed by atoms with Crippen molar-refractivity contribution in [2.24, 2.45) is 0 Å². The molecule has 0 aliphatic carbocycles. The van der Waals surface area contributed by atoms with Crippen LogP contribution in [0.4, 0.5) is 0 Å². The zero-order valence-corrected chi connectivity index (χ0v) is 18.4. The molecule has 0 saturated heterocycles. The maximum atomic E-state index is 12.5. The van der Waals surface area contributed by atoms with E-state index in [1.54, 1.807) is 12.5 Å². The molecule has 32 heavy (non-hydrogen) atoms. The zero-order valence-electron chi connectivity index (χ0n) is 18.4. The van der Waals surface area contributed by atoms with Crippen molar-refractivity contribution in [1.82, 2.24) is 20.0 Å². The Labute approximate surface area is 187 Å². The Hall–Kier alpha value is -3.87. The Bertz CT molecular complexity index is 1140. The first-order valence-corrected chi connectivity index (χ1v) is 10.5. The molecule has 0 spiro atoms.